The average molecular weight is 257 g/mol. The molecule has 0 bridgehead atoms. The number of rotatable bonds is 4. The third-order valence-corrected chi connectivity index (χ3v) is 4.01. The molecule has 2 rings (SSSR count). The summed E-state index contributed by atoms with van der Waals surface area (Å²) >= 11 is 0. The SMILES string of the molecule is CNC(Cc1ccc(C)c(C)c1)c1cnn(C)c1C. The van der Waals surface area contributed by atoms with E-state index in [9.17, 15) is 0 Å². The van der Waals surface area contributed by atoms with Gasteiger partial charge >= 0.3 is 0 Å². The zero-order chi connectivity index (χ0) is 14.0. The number of aromatic nitrogens is 2. The molecular formula is C16H23N3. The van der Waals surface area contributed by atoms with Crippen LogP contribution in [0.25, 0.3) is 0 Å². The maximum absolute atomic E-state index is 4.33. The van der Waals surface area contributed by atoms with Gasteiger partial charge in [-0.15, -0.1) is 0 Å². The van der Waals surface area contributed by atoms with Crippen molar-refractivity contribution in [3.8, 4) is 0 Å². The standard InChI is InChI=1S/C16H23N3/c1-11-6-7-14(8-12(11)2)9-16(17-4)15-10-18-19(5)13(15)3/h6-8,10,16-17H,9H2,1-5H3. The molecule has 0 amide bonds. The summed E-state index contributed by atoms with van der Waals surface area (Å²) in [5.74, 6) is 0. The highest BCUT2D eigenvalue weighted by Crippen LogP contribution is 2.22. The Morgan fingerprint density at radius 2 is 1.95 bits per heavy atom. The van der Waals surface area contributed by atoms with E-state index in [0.717, 1.165) is 6.42 Å². The van der Waals surface area contributed by atoms with Crippen LogP contribution in [0.5, 0.6) is 0 Å². The second-order valence-corrected chi connectivity index (χ2v) is 5.27. The van der Waals surface area contributed by atoms with Crippen molar-refractivity contribution in [1.29, 1.82) is 0 Å². The lowest BCUT2D eigenvalue weighted by Crippen LogP contribution is -2.19. The van der Waals surface area contributed by atoms with E-state index in [1.54, 1.807) is 0 Å². The molecule has 0 saturated heterocycles. The van der Waals surface area contributed by atoms with Crippen molar-refractivity contribution in [3.05, 3.63) is 52.3 Å². The molecule has 0 spiro atoms. The number of nitrogens with one attached hydrogen (secondary N) is 1. The predicted octanol–water partition coefficient (Wildman–Crippen LogP) is 2.85. The molecule has 0 aliphatic rings. The van der Waals surface area contributed by atoms with Gasteiger partial charge in [0.25, 0.3) is 0 Å². The van der Waals surface area contributed by atoms with E-state index < -0.39 is 0 Å². The first-order chi connectivity index (χ1) is 9.02. The smallest absolute Gasteiger partial charge is 0.0540 e. The first kappa shape index (κ1) is 13.8. The molecule has 3 heteroatoms. The van der Waals surface area contributed by atoms with Crippen molar-refractivity contribution in [3.63, 3.8) is 0 Å². The van der Waals surface area contributed by atoms with Gasteiger partial charge in [0.2, 0.25) is 0 Å². The molecule has 3 nitrogen and oxygen atoms in total. The van der Waals surface area contributed by atoms with Crippen LogP contribution in [0.2, 0.25) is 0 Å². The minimum absolute atomic E-state index is 0.316. The first-order valence-corrected chi connectivity index (χ1v) is 6.74. The molecule has 102 valence electrons. The van der Waals surface area contributed by atoms with E-state index in [-0.39, 0.29) is 0 Å². The average Bonchev–Trinajstić information content (AvgIpc) is 2.72. The third kappa shape index (κ3) is 2.87. The Balaban J connectivity index is 2.24. The summed E-state index contributed by atoms with van der Waals surface area (Å²) in [6, 6.07) is 7.02. The normalized spacial score (nSPS) is 12.7. The van der Waals surface area contributed by atoms with Crippen LogP contribution in [0, 0.1) is 20.8 Å². The van der Waals surface area contributed by atoms with E-state index >= 15 is 0 Å². The number of nitrogens with zero attached hydrogens (tertiary/aromatic N) is 2. The number of aryl methyl sites for hydroxylation is 3. The van der Waals surface area contributed by atoms with Crippen molar-refractivity contribution >= 4 is 0 Å². The molecule has 1 unspecified atom stereocenters. The molecule has 0 fully saturated rings. The van der Waals surface area contributed by atoms with Gasteiger partial charge in [0.05, 0.1) is 6.20 Å². The molecule has 1 heterocycles. The lowest BCUT2D eigenvalue weighted by Gasteiger charge is -2.17. The fraction of sp³-hybridized carbons (Fsp3) is 0.438. The van der Waals surface area contributed by atoms with Gasteiger partial charge < -0.3 is 5.32 Å². The van der Waals surface area contributed by atoms with Crippen LogP contribution in [0.3, 0.4) is 0 Å². The highest BCUT2D eigenvalue weighted by Gasteiger charge is 2.15. The van der Waals surface area contributed by atoms with E-state index in [1.807, 2.05) is 25.0 Å². The Labute approximate surface area is 115 Å². The summed E-state index contributed by atoms with van der Waals surface area (Å²) in [6.45, 7) is 6.44. The number of hydrogen-bond donors (Lipinski definition) is 1. The molecule has 1 atom stereocenters. The van der Waals surface area contributed by atoms with Crippen LogP contribution in [-0.4, -0.2) is 16.8 Å². The maximum Gasteiger partial charge on any atom is 0.0540 e. The number of hydrogen-bond acceptors (Lipinski definition) is 2. The molecule has 0 saturated carbocycles. The van der Waals surface area contributed by atoms with Gasteiger partial charge in [-0.05, 0) is 50.9 Å². The minimum Gasteiger partial charge on any atom is -0.313 e. The molecule has 1 N–H and O–H groups in total. The van der Waals surface area contributed by atoms with Crippen molar-refractivity contribution in [2.75, 3.05) is 7.05 Å². The molecule has 19 heavy (non-hydrogen) atoms. The lowest BCUT2D eigenvalue weighted by molar-refractivity contribution is 0.586. The zero-order valence-corrected chi connectivity index (χ0v) is 12.5. The topological polar surface area (TPSA) is 29.9 Å². The van der Waals surface area contributed by atoms with Gasteiger partial charge in [-0.1, -0.05) is 18.2 Å². The van der Waals surface area contributed by atoms with Crippen LogP contribution >= 0.6 is 0 Å². The highest BCUT2D eigenvalue weighted by atomic mass is 15.3. The summed E-state index contributed by atoms with van der Waals surface area (Å²) in [4.78, 5) is 0. The van der Waals surface area contributed by atoms with Crippen molar-refractivity contribution < 1.29 is 0 Å². The van der Waals surface area contributed by atoms with Gasteiger partial charge in [0, 0.05) is 24.3 Å². The number of likely N-dealkylation sites (N-methyl/N-ethyl adjacent to an activating group) is 1. The van der Waals surface area contributed by atoms with Crippen LogP contribution in [0.1, 0.15) is 34.0 Å². The highest BCUT2D eigenvalue weighted by molar-refractivity contribution is 5.32. The number of benzene rings is 1. The van der Waals surface area contributed by atoms with E-state index in [2.05, 4.69) is 49.4 Å². The molecule has 0 aliphatic carbocycles. The summed E-state index contributed by atoms with van der Waals surface area (Å²) in [6.07, 6.45) is 2.96. The fourth-order valence-corrected chi connectivity index (χ4v) is 2.39. The Hall–Kier alpha value is -1.61. The fourth-order valence-electron chi connectivity index (χ4n) is 2.39. The van der Waals surface area contributed by atoms with Crippen LogP contribution in [-0.2, 0) is 13.5 Å². The molecule has 0 radical (unpaired) electrons. The molecule has 2 aromatic rings. The predicted molar refractivity (Wildman–Crippen MR) is 79.4 cm³/mol. The van der Waals surface area contributed by atoms with Gasteiger partial charge in [0.15, 0.2) is 0 Å². The van der Waals surface area contributed by atoms with Crippen LogP contribution in [0.15, 0.2) is 24.4 Å². The molecule has 0 aliphatic heterocycles. The van der Waals surface area contributed by atoms with E-state index in [1.165, 1.54) is 27.9 Å². The first-order valence-electron chi connectivity index (χ1n) is 6.74. The van der Waals surface area contributed by atoms with E-state index in [4.69, 9.17) is 0 Å². The summed E-state index contributed by atoms with van der Waals surface area (Å²) in [5.41, 5.74) is 6.58. The molecule has 1 aromatic heterocycles. The van der Waals surface area contributed by atoms with E-state index in [0.29, 0.717) is 6.04 Å². The second kappa shape index (κ2) is 5.57. The lowest BCUT2D eigenvalue weighted by atomic mass is 9.97. The summed E-state index contributed by atoms with van der Waals surface area (Å²) < 4.78 is 1.93. The molecular weight excluding hydrogens is 234 g/mol. The minimum atomic E-state index is 0.316. The van der Waals surface area contributed by atoms with Gasteiger partial charge in [-0.2, -0.15) is 5.10 Å². The quantitative estimate of drug-likeness (QED) is 0.912. The van der Waals surface area contributed by atoms with Crippen LogP contribution < -0.4 is 5.32 Å². The Kier molecular flexibility index (Phi) is 4.05. The second-order valence-electron chi connectivity index (χ2n) is 5.27. The largest absolute Gasteiger partial charge is 0.313 e. The third-order valence-electron chi connectivity index (χ3n) is 4.01. The maximum atomic E-state index is 4.33. The monoisotopic (exact) mass is 257 g/mol. The Morgan fingerprint density at radius 3 is 2.47 bits per heavy atom. The van der Waals surface area contributed by atoms with Crippen molar-refractivity contribution in [1.82, 2.24) is 15.1 Å². The van der Waals surface area contributed by atoms with Crippen LogP contribution in [0.4, 0.5) is 0 Å². The van der Waals surface area contributed by atoms with Gasteiger partial charge in [-0.25, -0.2) is 0 Å². The van der Waals surface area contributed by atoms with Crippen molar-refractivity contribution in [2.24, 2.45) is 7.05 Å². The van der Waals surface area contributed by atoms with Gasteiger partial charge in [-0.3, -0.25) is 4.68 Å². The Bertz CT molecular complexity index is 569. The Morgan fingerprint density at radius 1 is 1.21 bits per heavy atom. The molecule has 1 aromatic carbocycles. The zero-order valence-electron chi connectivity index (χ0n) is 12.5. The summed E-state index contributed by atoms with van der Waals surface area (Å²) in [5, 5.41) is 7.74. The van der Waals surface area contributed by atoms with Crippen molar-refractivity contribution in [2.45, 2.75) is 33.2 Å². The van der Waals surface area contributed by atoms with Gasteiger partial charge in [0.1, 0.15) is 0 Å². The summed E-state index contributed by atoms with van der Waals surface area (Å²) in [7, 11) is 4.00.